The molecule has 0 unspecified atom stereocenters. The van der Waals surface area contributed by atoms with Gasteiger partial charge >= 0.3 is 0 Å². The first kappa shape index (κ1) is 12.9. The van der Waals surface area contributed by atoms with Gasteiger partial charge in [0.15, 0.2) is 0 Å². The van der Waals surface area contributed by atoms with Crippen molar-refractivity contribution in [3.8, 4) is 0 Å². The molecule has 0 bridgehead atoms. The lowest BCUT2D eigenvalue weighted by molar-refractivity contribution is 0.165. The fraction of sp³-hybridized carbons (Fsp3) is 1.00. The van der Waals surface area contributed by atoms with E-state index < -0.39 is 31.3 Å². The molecule has 1 aliphatic carbocycles. The Kier molecular flexibility index (Phi) is 3.78. The highest BCUT2D eigenvalue weighted by Crippen LogP contribution is 2.26. The van der Waals surface area contributed by atoms with Crippen LogP contribution < -0.4 is 0 Å². The molecule has 1 rings (SSSR count). The molecule has 0 aromatic heterocycles. The number of hydrogen-bond donors (Lipinski definition) is 0. The monoisotopic (exact) mass is 256 g/mol. The maximum atomic E-state index is 11.3. The molecule has 5 nitrogen and oxygen atoms in total. The molecule has 0 saturated heterocycles. The maximum Gasteiger partial charge on any atom is 0.264 e. The lowest BCUT2D eigenvalue weighted by Gasteiger charge is -2.26. The highest BCUT2D eigenvalue weighted by atomic mass is 32.2. The van der Waals surface area contributed by atoms with Crippen molar-refractivity contribution in [3.63, 3.8) is 0 Å². The summed E-state index contributed by atoms with van der Waals surface area (Å²) in [5.41, 5.74) is 0. The van der Waals surface area contributed by atoms with Crippen molar-refractivity contribution in [2.24, 2.45) is 0 Å². The Morgan fingerprint density at radius 1 is 1.07 bits per heavy atom. The van der Waals surface area contributed by atoms with Gasteiger partial charge in [-0.1, -0.05) is 0 Å². The van der Waals surface area contributed by atoms with E-state index in [-0.39, 0.29) is 6.42 Å². The van der Waals surface area contributed by atoms with Gasteiger partial charge in [0.2, 0.25) is 0 Å². The maximum absolute atomic E-state index is 11.3. The van der Waals surface area contributed by atoms with Crippen LogP contribution in [0.2, 0.25) is 0 Å². The molecule has 0 heterocycles. The Morgan fingerprint density at radius 3 is 2.13 bits per heavy atom. The standard InChI is InChI=1S/C8H16O5S2/c1-14(9,10)8-5-3-4-7(6-8)13-15(2,11)12/h7-8H,3-6H2,1-2H3/t7-,8+/m1/s1. The summed E-state index contributed by atoms with van der Waals surface area (Å²) in [6.07, 6.45) is 3.87. The van der Waals surface area contributed by atoms with Gasteiger partial charge in [0.1, 0.15) is 9.84 Å². The summed E-state index contributed by atoms with van der Waals surface area (Å²) < 4.78 is 49.2. The average Bonchev–Trinajstić information content (AvgIpc) is 1.99. The minimum absolute atomic E-state index is 0.284. The van der Waals surface area contributed by atoms with Crippen molar-refractivity contribution in [2.75, 3.05) is 12.5 Å². The van der Waals surface area contributed by atoms with Crippen LogP contribution in [0.15, 0.2) is 0 Å². The molecule has 0 spiro atoms. The van der Waals surface area contributed by atoms with Crippen molar-refractivity contribution < 1.29 is 21.0 Å². The van der Waals surface area contributed by atoms with Gasteiger partial charge in [-0.25, -0.2) is 8.42 Å². The molecule has 7 heteroatoms. The molecule has 0 amide bonds. The zero-order valence-electron chi connectivity index (χ0n) is 8.84. The highest BCUT2D eigenvalue weighted by Gasteiger charge is 2.30. The first-order chi connectivity index (χ1) is 6.68. The summed E-state index contributed by atoms with van der Waals surface area (Å²) in [5.74, 6) is 0. The van der Waals surface area contributed by atoms with Gasteiger partial charge in [0.05, 0.1) is 17.6 Å². The largest absolute Gasteiger partial charge is 0.267 e. The summed E-state index contributed by atoms with van der Waals surface area (Å²) in [7, 11) is -6.58. The molecule has 1 aliphatic rings. The Hall–Kier alpha value is -0.140. The van der Waals surface area contributed by atoms with Gasteiger partial charge in [0.25, 0.3) is 10.1 Å². The van der Waals surface area contributed by atoms with E-state index in [1.165, 1.54) is 6.26 Å². The molecule has 0 aromatic rings. The van der Waals surface area contributed by atoms with Gasteiger partial charge in [-0.15, -0.1) is 0 Å². The molecular formula is C8H16O5S2. The van der Waals surface area contributed by atoms with E-state index in [2.05, 4.69) is 0 Å². The fourth-order valence-electron chi connectivity index (χ4n) is 1.83. The molecule has 1 saturated carbocycles. The Bertz CT molecular complexity index is 408. The zero-order valence-corrected chi connectivity index (χ0v) is 10.5. The normalized spacial score (nSPS) is 28.9. The Balaban J connectivity index is 2.65. The molecule has 90 valence electrons. The van der Waals surface area contributed by atoms with E-state index >= 15 is 0 Å². The number of hydrogen-bond acceptors (Lipinski definition) is 5. The van der Waals surface area contributed by atoms with Crippen LogP contribution in [0, 0.1) is 0 Å². The van der Waals surface area contributed by atoms with Crippen LogP contribution in [-0.4, -0.2) is 40.7 Å². The molecule has 0 aromatic carbocycles. The quantitative estimate of drug-likeness (QED) is 0.679. The third-order valence-electron chi connectivity index (χ3n) is 2.49. The number of sulfone groups is 1. The van der Waals surface area contributed by atoms with Gasteiger partial charge in [-0.2, -0.15) is 8.42 Å². The summed E-state index contributed by atoms with van der Waals surface area (Å²) in [6.45, 7) is 0. The fourth-order valence-corrected chi connectivity index (χ4v) is 3.65. The van der Waals surface area contributed by atoms with Crippen LogP contribution in [0.5, 0.6) is 0 Å². The van der Waals surface area contributed by atoms with Gasteiger partial charge in [0, 0.05) is 6.26 Å². The molecular weight excluding hydrogens is 240 g/mol. The molecule has 0 N–H and O–H groups in total. The summed E-state index contributed by atoms with van der Waals surface area (Å²) in [4.78, 5) is 0. The van der Waals surface area contributed by atoms with Crippen molar-refractivity contribution >= 4 is 20.0 Å². The Morgan fingerprint density at radius 2 is 1.67 bits per heavy atom. The first-order valence-electron chi connectivity index (χ1n) is 4.75. The zero-order chi connectivity index (χ0) is 11.7. The second-order valence-electron chi connectivity index (χ2n) is 4.04. The van der Waals surface area contributed by atoms with E-state index in [0.29, 0.717) is 19.3 Å². The van der Waals surface area contributed by atoms with E-state index in [0.717, 1.165) is 6.26 Å². The number of rotatable bonds is 3. The molecule has 0 aliphatic heterocycles. The van der Waals surface area contributed by atoms with E-state index in [4.69, 9.17) is 4.18 Å². The Labute approximate surface area is 90.9 Å². The molecule has 1 fully saturated rings. The van der Waals surface area contributed by atoms with Crippen LogP contribution in [0.25, 0.3) is 0 Å². The topological polar surface area (TPSA) is 77.5 Å². The summed E-state index contributed by atoms with van der Waals surface area (Å²) in [6, 6.07) is 0. The molecule has 15 heavy (non-hydrogen) atoms. The predicted molar refractivity (Wildman–Crippen MR) is 56.8 cm³/mol. The van der Waals surface area contributed by atoms with Crippen molar-refractivity contribution in [3.05, 3.63) is 0 Å². The van der Waals surface area contributed by atoms with Gasteiger partial charge in [-0.3, -0.25) is 4.18 Å². The first-order valence-corrected chi connectivity index (χ1v) is 8.53. The summed E-state index contributed by atoms with van der Waals surface area (Å²) >= 11 is 0. The average molecular weight is 256 g/mol. The SMILES string of the molecule is CS(=O)(=O)O[C@@H]1CCC[C@H](S(C)(=O)=O)C1. The van der Waals surface area contributed by atoms with Crippen LogP contribution >= 0.6 is 0 Å². The van der Waals surface area contributed by atoms with E-state index in [9.17, 15) is 16.8 Å². The smallest absolute Gasteiger partial charge is 0.264 e. The van der Waals surface area contributed by atoms with Gasteiger partial charge in [-0.05, 0) is 25.7 Å². The second kappa shape index (κ2) is 4.39. The minimum atomic E-state index is -3.49. The molecule has 2 atom stereocenters. The lowest BCUT2D eigenvalue weighted by Crippen LogP contribution is -2.32. The van der Waals surface area contributed by atoms with Crippen LogP contribution in [0.1, 0.15) is 25.7 Å². The van der Waals surface area contributed by atoms with Crippen molar-refractivity contribution in [2.45, 2.75) is 37.0 Å². The van der Waals surface area contributed by atoms with Crippen molar-refractivity contribution in [1.29, 1.82) is 0 Å². The second-order valence-corrected chi connectivity index (χ2v) is 7.97. The van der Waals surface area contributed by atoms with Crippen LogP contribution in [0.4, 0.5) is 0 Å². The van der Waals surface area contributed by atoms with E-state index in [1.54, 1.807) is 0 Å². The minimum Gasteiger partial charge on any atom is -0.267 e. The van der Waals surface area contributed by atoms with E-state index in [1.807, 2.05) is 0 Å². The van der Waals surface area contributed by atoms with Crippen molar-refractivity contribution in [1.82, 2.24) is 0 Å². The third kappa shape index (κ3) is 4.48. The third-order valence-corrected chi connectivity index (χ3v) is 4.76. The van der Waals surface area contributed by atoms with Crippen LogP contribution in [0.3, 0.4) is 0 Å². The van der Waals surface area contributed by atoms with Crippen LogP contribution in [-0.2, 0) is 24.1 Å². The highest BCUT2D eigenvalue weighted by molar-refractivity contribution is 7.91. The predicted octanol–water partition coefficient (Wildman–Crippen LogP) is 0.318. The molecule has 0 radical (unpaired) electrons. The van der Waals surface area contributed by atoms with Gasteiger partial charge < -0.3 is 0 Å². The summed E-state index contributed by atoms with van der Waals surface area (Å²) in [5, 5.41) is -0.460. The lowest BCUT2D eigenvalue weighted by atomic mass is 9.97.